The maximum atomic E-state index is 13.0. The van der Waals surface area contributed by atoms with E-state index in [4.69, 9.17) is 9.47 Å². The van der Waals surface area contributed by atoms with Gasteiger partial charge in [0, 0.05) is 6.42 Å². The van der Waals surface area contributed by atoms with Gasteiger partial charge in [0.15, 0.2) is 0 Å². The van der Waals surface area contributed by atoms with Gasteiger partial charge in [-0.3, -0.25) is 4.31 Å². The lowest BCUT2D eigenvalue weighted by atomic mass is 10.2. The first-order chi connectivity index (χ1) is 10.7. The Morgan fingerprint density at radius 2 is 1.77 bits per heavy atom. The van der Waals surface area contributed by atoms with Crippen molar-refractivity contribution >= 4 is 15.7 Å². The zero-order valence-corrected chi connectivity index (χ0v) is 12.7. The fraction of sp³-hybridized carbons (Fsp3) is 0.250. The van der Waals surface area contributed by atoms with Gasteiger partial charge in [0.1, 0.15) is 18.1 Å². The topological polar surface area (TPSA) is 55.8 Å². The minimum Gasteiger partial charge on any atom is -0.493 e. The molecule has 0 radical (unpaired) electrons. The molecule has 5 nitrogen and oxygen atoms in total. The fourth-order valence-corrected chi connectivity index (χ4v) is 4.35. The molecule has 0 fully saturated rings. The predicted octanol–water partition coefficient (Wildman–Crippen LogP) is 2.21. The molecule has 0 spiro atoms. The second-order valence-corrected chi connectivity index (χ2v) is 7.12. The van der Waals surface area contributed by atoms with Gasteiger partial charge in [-0.1, -0.05) is 12.1 Å². The molecule has 0 aliphatic carbocycles. The quantitative estimate of drug-likeness (QED) is 0.852. The average Bonchev–Trinajstić information content (AvgIpc) is 3.02. The Morgan fingerprint density at radius 3 is 2.68 bits per heavy atom. The molecule has 6 heteroatoms. The average molecular weight is 317 g/mol. The molecule has 2 aliphatic rings. The van der Waals surface area contributed by atoms with Crippen molar-refractivity contribution in [2.75, 3.05) is 24.1 Å². The third kappa shape index (κ3) is 2.02. The van der Waals surface area contributed by atoms with Crippen molar-refractivity contribution in [3.05, 3.63) is 48.0 Å². The van der Waals surface area contributed by atoms with E-state index in [1.54, 1.807) is 30.3 Å². The lowest BCUT2D eigenvalue weighted by Crippen LogP contribution is -2.37. The van der Waals surface area contributed by atoms with Crippen LogP contribution in [0.25, 0.3) is 0 Å². The zero-order valence-electron chi connectivity index (χ0n) is 11.9. The number of fused-ring (bicyclic) bond motifs is 2. The second kappa shape index (κ2) is 4.91. The predicted molar refractivity (Wildman–Crippen MR) is 82.1 cm³/mol. The summed E-state index contributed by atoms with van der Waals surface area (Å²) in [4.78, 5) is 0.299. The van der Waals surface area contributed by atoms with Crippen LogP contribution in [0, 0.1) is 0 Å². The molecule has 0 unspecified atom stereocenters. The largest absolute Gasteiger partial charge is 0.493 e. The normalized spacial score (nSPS) is 16.5. The van der Waals surface area contributed by atoms with E-state index in [-0.39, 0.29) is 0 Å². The molecule has 0 bridgehead atoms. The van der Waals surface area contributed by atoms with Gasteiger partial charge in [-0.05, 0) is 35.9 Å². The fourth-order valence-electron chi connectivity index (χ4n) is 2.84. The van der Waals surface area contributed by atoms with E-state index in [2.05, 4.69) is 0 Å². The number of rotatable bonds is 2. The van der Waals surface area contributed by atoms with Gasteiger partial charge in [0.2, 0.25) is 0 Å². The highest BCUT2D eigenvalue weighted by molar-refractivity contribution is 7.92. The molecular formula is C16H15NO4S. The van der Waals surface area contributed by atoms with E-state index in [1.165, 1.54) is 4.31 Å². The molecule has 0 N–H and O–H groups in total. The summed E-state index contributed by atoms with van der Waals surface area (Å²) in [5.74, 6) is 1.38. The standard InChI is InChI=1S/C16H15NO4S/c18-22(19,13-5-6-15-12(11-13)7-9-20-15)17-8-10-21-16-4-2-1-3-14(16)17/h1-6,11H,7-10H2. The second-order valence-electron chi connectivity index (χ2n) is 5.26. The lowest BCUT2D eigenvalue weighted by Gasteiger charge is -2.30. The number of hydrogen-bond acceptors (Lipinski definition) is 4. The first-order valence-corrected chi connectivity index (χ1v) is 8.60. The Morgan fingerprint density at radius 1 is 0.955 bits per heavy atom. The molecule has 0 amide bonds. The summed E-state index contributed by atoms with van der Waals surface area (Å²) in [7, 11) is -3.60. The van der Waals surface area contributed by atoms with Gasteiger partial charge < -0.3 is 9.47 Å². The van der Waals surface area contributed by atoms with Crippen molar-refractivity contribution < 1.29 is 17.9 Å². The maximum Gasteiger partial charge on any atom is 0.264 e. The number of anilines is 1. The van der Waals surface area contributed by atoms with Gasteiger partial charge in [-0.2, -0.15) is 0 Å². The van der Waals surface area contributed by atoms with Gasteiger partial charge in [0.25, 0.3) is 10.0 Å². The summed E-state index contributed by atoms with van der Waals surface area (Å²) < 4.78 is 38.4. The van der Waals surface area contributed by atoms with Crippen LogP contribution >= 0.6 is 0 Å². The highest BCUT2D eigenvalue weighted by Gasteiger charge is 2.30. The van der Waals surface area contributed by atoms with Crippen molar-refractivity contribution in [3.8, 4) is 11.5 Å². The summed E-state index contributed by atoms with van der Waals surface area (Å²) >= 11 is 0. The van der Waals surface area contributed by atoms with Crippen molar-refractivity contribution in [2.45, 2.75) is 11.3 Å². The molecule has 4 rings (SSSR count). The molecule has 2 aromatic carbocycles. The summed E-state index contributed by atoms with van der Waals surface area (Å²) in [5, 5.41) is 0. The van der Waals surface area contributed by atoms with Crippen LogP contribution in [0.1, 0.15) is 5.56 Å². The van der Waals surface area contributed by atoms with E-state index >= 15 is 0 Å². The van der Waals surface area contributed by atoms with Crippen molar-refractivity contribution in [2.24, 2.45) is 0 Å². The Balaban J connectivity index is 1.79. The smallest absolute Gasteiger partial charge is 0.264 e. The van der Waals surface area contributed by atoms with Gasteiger partial charge in [0.05, 0.1) is 23.7 Å². The molecule has 0 saturated carbocycles. The summed E-state index contributed by atoms with van der Waals surface area (Å²) in [5.41, 5.74) is 1.54. The third-order valence-electron chi connectivity index (χ3n) is 3.93. The van der Waals surface area contributed by atoms with Crippen LogP contribution in [-0.2, 0) is 16.4 Å². The van der Waals surface area contributed by atoms with Crippen molar-refractivity contribution in [1.29, 1.82) is 0 Å². The third-order valence-corrected chi connectivity index (χ3v) is 5.74. The van der Waals surface area contributed by atoms with Crippen LogP contribution in [0.3, 0.4) is 0 Å². The SMILES string of the molecule is O=S(=O)(c1ccc2c(c1)CCO2)N1CCOc2ccccc21. The first-order valence-electron chi connectivity index (χ1n) is 7.16. The number of hydrogen-bond donors (Lipinski definition) is 0. The zero-order chi connectivity index (χ0) is 15.2. The van der Waals surface area contributed by atoms with Crippen LogP contribution in [-0.4, -0.2) is 28.2 Å². The van der Waals surface area contributed by atoms with E-state index in [0.29, 0.717) is 36.1 Å². The summed E-state index contributed by atoms with van der Waals surface area (Å²) in [6.45, 7) is 1.27. The van der Waals surface area contributed by atoms with E-state index < -0.39 is 10.0 Å². The van der Waals surface area contributed by atoms with Gasteiger partial charge in [-0.15, -0.1) is 0 Å². The Bertz CT molecular complexity index is 832. The molecule has 0 aromatic heterocycles. The van der Waals surface area contributed by atoms with Crippen LogP contribution in [0.5, 0.6) is 11.5 Å². The van der Waals surface area contributed by atoms with Crippen LogP contribution in [0.4, 0.5) is 5.69 Å². The summed E-state index contributed by atoms with van der Waals surface area (Å²) in [6.07, 6.45) is 0.748. The van der Waals surface area contributed by atoms with Crippen molar-refractivity contribution in [3.63, 3.8) is 0 Å². The number of benzene rings is 2. The Labute approximate surface area is 129 Å². The van der Waals surface area contributed by atoms with Crippen LogP contribution in [0.15, 0.2) is 47.4 Å². The van der Waals surface area contributed by atoms with Crippen molar-refractivity contribution in [1.82, 2.24) is 0 Å². The molecular weight excluding hydrogens is 302 g/mol. The Kier molecular flexibility index (Phi) is 3.00. The Hall–Kier alpha value is -2.21. The first kappa shape index (κ1) is 13.5. The monoisotopic (exact) mass is 317 g/mol. The number of ether oxygens (including phenoxy) is 2. The molecule has 114 valence electrons. The minimum atomic E-state index is -3.60. The molecule has 2 aliphatic heterocycles. The molecule has 0 atom stereocenters. The number of para-hydroxylation sites is 2. The minimum absolute atomic E-state index is 0.299. The van der Waals surface area contributed by atoms with E-state index in [9.17, 15) is 8.42 Å². The van der Waals surface area contributed by atoms with Gasteiger partial charge in [-0.25, -0.2) is 8.42 Å². The van der Waals surface area contributed by atoms with E-state index in [0.717, 1.165) is 17.7 Å². The molecule has 0 saturated heterocycles. The number of nitrogens with zero attached hydrogens (tertiary/aromatic N) is 1. The lowest BCUT2D eigenvalue weighted by molar-refractivity contribution is 0.316. The van der Waals surface area contributed by atoms with Crippen LogP contribution in [0.2, 0.25) is 0 Å². The summed E-state index contributed by atoms with van der Waals surface area (Å²) in [6, 6.07) is 12.3. The van der Waals surface area contributed by atoms with Crippen LogP contribution < -0.4 is 13.8 Å². The number of sulfonamides is 1. The molecule has 2 heterocycles. The maximum absolute atomic E-state index is 13.0. The molecule has 2 aromatic rings. The highest BCUT2D eigenvalue weighted by Crippen LogP contribution is 2.36. The van der Waals surface area contributed by atoms with E-state index in [1.807, 2.05) is 12.1 Å². The highest BCUT2D eigenvalue weighted by atomic mass is 32.2. The molecule has 22 heavy (non-hydrogen) atoms. The van der Waals surface area contributed by atoms with Gasteiger partial charge >= 0.3 is 0 Å².